The van der Waals surface area contributed by atoms with E-state index >= 15 is 0 Å². The SMILES string of the molecule is CCCCN(CC)S(=O)(=O)c1cc(CO)n(C2CC2)c1. The molecule has 6 heteroatoms. The minimum atomic E-state index is -3.44. The average Bonchev–Trinajstić information content (AvgIpc) is 3.18. The van der Waals surface area contributed by atoms with E-state index in [0.717, 1.165) is 25.7 Å². The molecule has 1 aromatic rings. The first kappa shape index (κ1) is 15.5. The number of hydrogen-bond acceptors (Lipinski definition) is 3. The molecule has 1 fully saturated rings. The van der Waals surface area contributed by atoms with Crippen LogP contribution in [0.4, 0.5) is 0 Å². The molecular formula is C14H24N2O3S. The maximum Gasteiger partial charge on any atom is 0.244 e. The molecule has 1 aliphatic rings. The van der Waals surface area contributed by atoms with E-state index in [1.54, 1.807) is 12.3 Å². The molecule has 0 amide bonds. The van der Waals surface area contributed by atoms with Crippen molar-refractivity contribution in [1.82, 2.24) is 8.87 Å². The molecule has 2 rings (SSSR count). The summed E-state index contributed by atoms with van der Waals surface area (Å²) in [7, 11) is -3.44. The van der Waals surface area contributed by atoms with E-state index in [0.29, 0.717) is 29.7 Å². The van der Waals surface area contributed by atoms with Crippen LogP contribution in [-0.2, 0) is 16.6 Å². The Morgan fingerprint density at radius 1 is 1.40 bits per heavy atom. The summed E-state index contributed by atoms with van der Waals surface area (Å²) in [4.78, 5) is 0.311. The molecule has 0 aliphatic heterocycles. The number of sulfonamides is 1. The van der Waals surface area contributed by atoms with Gasteiger partial charge in [-0.25, -0.2) is 8.42 Å². The lowest BCUT2D eigenvalue weighted by molar-refractivity contribution is 0.270. The molecule has 5 nitrogen and oxygen atoms in total. The van der Waals surface area contributed by atoms with E-state index in [2.05, 4.69) is 0 Å². The Morgan fingerprint density at radius 2 is 2.10 bits per heavy atom. The van der Waals surface area contributed by atoms with Crippen LogP contribution in [0.5, 0.6) is 0 Å². The molecule has 20 heavy (non-hydrogen) atoms. The Balaban J connectivity index is 2.28. The van der Waals surface area contributed by atoms with Gasteiger partial charge in [-0.3, -0.25) is 0 Å². The van der Waals surface area contributed by atoms with Crippen molar-refractivity contribution < 1.29 is 13.5 Å². The normalized spacial score (nSPS) is 16.0. The van der Waals surface area contributed by atoms with Crippen molar-refractivity contribution in [1.29, 1.82) is 0 Å². The van der Waals surface area contributed by atoms with E-state index < -0.39 is 10.0 Å². The summed E-state index contributed by atoms with van der Waals surface area (Å²) in [6.07, 6.45) is 5.65. The molecule has 0 aromatic carbocycles. The van der Waals surface area contributed by atoms with Crippen LogP contribution < -0.4 is 0 Å². The van der Waals surface area contributed by atoms with Gasteiger partial charge in [0, 0.05) is 31.0 Å². The molecule has 1 N–H and O–H groups in total. The summed E-state index contributed by atoms with van der Waals surface area (Å²) in [5.74, 6) is 0. The molecule has 1 saturated carbocycles. The first-order valence-corrected chi connectivity index (χ1v) is 8.80. The Morgan fingerprint density at radius 3 is 2.60 bits per heavy atom. The summed E-state index contributed by atoms with van der Waals surface area (Å²) in [6.45, 7) is 4.82. The second-order valence-electron chi connectivity index (χ2n) is 5.31. The fraction of sp³-hybridized carbons (Fsp3) is 0.714. The molecule has 1 aliphatic carbocycles. The van der Waals surface area contributed by atoms with Crippen molar-refractivity contribution in [3.63, 3.8) is 0 Å². The van der Waals surface area contributed by atoms with Gasteiger partial charge in [0.1, 0.15) is 4.90 Å². The summed E-state index contributed by atoms with van der Waals surface area (Å²) in [5.41, 5.74) is 0.692. The van der Waals surface area contributed by atoms with Crippen LogP contribution in [-0.4, -0.2) is 35.5 Å². The van der Waals surface area contributed by atoms with Gasteiger partial charge in [-0.2, -0.15) is 4.31 Å². The maximum absolute atomic E-state index is 12.6. The molecule has 0 unspecified atom stereocenters. The zero-order valence-electron chi connectivity index (χ0n) is 12.2. The Bertz CT molecular complexity index is 547. The highest BCUT2D eigenvalue weighted by molar-refractivity contribution is 7.89. The van der Waals surface area contributed by atoms with Crippen LogP contribution in [0.2, 0.25) is 0 Å². The molecular weight excluding hydrogens is 276 g/mol. The Labute approximate surface area is 121 Å². The molecule has 114 valence electrons. The second-order valence-corrected chi connectivity index (χ2v) is 7.25. The molecule has 0 radical (unpaired) electrons. The molecule has 0 spiro atoms. The van der Waals surface area contributed by atoms with E-state index in [-0.39, 0.29) is 6.61 Å². The fourth-order valence-electron chi connectivity index (χ4n) is 2.39. The molecule has 0 bridgehead atoms. The number of nitrogens with zero attached hydrogens (tertiary/aromatic N) is 2. The standard InChI is InChI=1S/C14H24N2O3S/c1-3-5-8-15(4-2)20(18,19)14-9-13(11-17)16(10-14)12-6-7-12/h9-10,12,17H,3-8,11H2,1-2H3. The highest BCUT2D eigenvalue weighted by Gasteiger charge is 2.30. The van der Waals surface area contributed by atoms with Gasteiger partial charge in [-0.15, -0.1) is 0 Å². The molecule has 1 aromatic heterocycles. The summed E-state index contributed by atoms with van der Waals surface area (Å²) >= 11 is 0. The van der Waals surface area contributed by atoms with Crippen LogP contribution in [0.1, 0.15) is 51.3 Å². The minimum absolute atomic E-state index is 0.118. The van der Waals surface area contributed by atoms with E-state index in [1.165, 1.54) is 4.31 Å². The van der Waals surface area contributed by atoms with Crippen molar-refractivity contribution in [2.24, 2.45) is 0 Å². The zero-order chi connectivity index (χ0) is 14.8. The highest BCUT2D eigenvalue weighted by Crippen LogP contribution is 2.37. The maximum atomic E-state index is 12.6. The third-order valence-corrected chi connectivity index (χ3v) is 5.70. The minimum Gasteiger partial charge on any atom is -0.390 e. The number of rotatable bonds is 8. The van der Waals surface area contributed by atoms with Crippen LogP contribution in [0.3, 0.4) is 0 Å². The average molecular weight is 300 g/mol. The van der Waals surface area contributed by atoms with Gasteiger partial charge in [0.15, 0.2) is 0 Å². The van der Waals surface area contributed by atoms with Gasteiger partial charge < -0.3 is 9.67 Å². The van der Waals surface area contributed by atoms with Gasteiger partial charge in [-0.1, -0.05) is 20.3 Å². The van der Waals surface area contributed by atoms with Crippen LogP contribution >= 0.6 is 0 Å². The molecule has 0 atom stereocenters. The number of hydrogen-bond donors (Lipinski definition) is 1. The number of aromatic nitrogens is 1. The second kappa shape index (κ2) is 6.28. The van der Waals surface area contributed by atoms with Gasteiger partial charge in [0.2, 0.25) is 10.0 Å². The predicted octanol–water partition coefficient (Wildman–Crippen LogP) is 2.13. The van der Waals surface area contributed by atoms with Gasteiger partial charge >= 0.3 is 0 Å². The van der Waals surface area contributed by atoms with Crippen LogP contribution in [0.15, 0.2) is 17.2 Å². The third-order valence-electron chi connectivity index (χ3n) is 3.76. The van der Waals surface area contributed by atoms with Crippen LogP contribution in [0, 0.1) is 0 Å². The summed E-state index contributed by atoms with van der Waals surface area (Å²) in [5, 5.41) is 9.38. The number of aliphatic hydroxyl groups is 1. The lowest BCUT2D eigenvalue weighted by Crippen LogP contribution is -2.31. The quantitative estimate of drug-likeness (QED) is 0.800. The Kier molecular flexibility index (Phi) is 4.88. The highest BCUT2D eigenvalue weighted by atomic mass is 32.2. The van der Waals surface area contributed by atoms with Crippen molar-refractivity contribution in [3.8, 4) is 0 Å². The zero-order valence-corrected chi connectivity index (χ0v) is 13.1. The monoisotopic (exact) mass is 300 g/mol. The summed E-state index contributed by atoms with van der Waals surface area (Å²) < 4.78 is 28.7. The number of unbranched alkanes of at least 4 members (excludes halogenated alkanes) is 1. The van der Waals surface area contributed by atoms with Crippen molar-refractivity contribution >= 4 is 10.0 Å². The van der Waals surface area contributed by atoms with E-state index in [9.17, 15) is 13.5 Å². The molecule has 0 saturated heterocycles. The first-order valence-electron chi connectivity index (χ1n) is 7.36. The summed E-state index contributed by atoms with van der Waals surface area (Å²) in [6, 6.07) is 1.98. The first-order chi connectivity index (χ1) is 9.54. The van der Waals surface area contributed by atoms with Crippen LogP contribution in [0.25, 0.3) is 0 Å². The fourth-order valence-corrected chi connectivity index (χ4v) is 3.93. The van der Waals surface area contributed by atoms with E-state index in [4.69, 9.17) is 0 Å². The Hall–Kier alpha value is -0.850. The molecule has 1 heterocycles. The van der Waals surface area contributed by atoms with Crippen molar-refractivity contribution in [3.05, 3.63) is 18.0 Å². The number of aliphatic hydroxyl groups excluding tert-OH is 1. The van der Waals surface area contributed by atoms with Gasteiger partial charge in [0.25, 0.3) is 0 Å². The lowest BCUT2D eigenvalue weighted by Gasteiger charge is -2.19. The largest absolute Gasteiger partial charge is 0.390 e. The third kappa shape index (κ3) is 3.07. The lowest BCUT2D eigenvalue weighted by atomic mass is 10.3. The van der Waals surface area contributed by atoms with Gasteiger partial charge in [-0.05, 0) is 25.3 Å². The predicted molar refractivity (Wildman–Crippen MR) is 78.0 cm³/mol. The topological polar surface area (TPSA) is 62.5 Å². The van der Waals surface area contributed by atoms with Gasteiger partial charge in [0.05, 0.1) is 6.61 Å². The van der Waals surface area contributed by atoms with Crippen molar-refractivity contribution in [2.75, 3.05) is 13.1 Å². The smallest absolute Gasteiger partial charge is 0.244 e. The van der Waals surface area contributed by atoms with E-state index in [1.807, 2.05) is 18.4 Å². The van der Waals surface area contributed by atoms with Crippen molar-refractivity contribution in [2.45, 2.75) is 57.1 Å².